The van der Waals surface area contributed by atoms with Gasteiger partial charge in [-0.2, -0.15) is 0 Å². The Morgan fingerprint density at radius 1 is 1.31 bits per heavy atom. The van der Waals surface area contributed by atoms with E-state index in [1.807, 2.05) is 11.4 Å². The topological polar surface area (TPSA) is 90.7 Å². The van der Waals surface area contributed by atoms with Crippen LogP contribution in [0.5, 0.6) is 11.5 Å². The average Bonchev–Trinajstić information content (AvgIpc) is 3.08. The Hall–Kier alpha value is -2.87. The van der Waals surface area contributed by atoms with Crippen molar-refractivity contribution < 1.29 is 19.4 Å². The molecule has 7 nitrogen and oxygen atoms in total. The second kappa shape index (κ2) is 7.17. The summed E-state index contributed by atoms with van der Waals surface area (Å²) >= 11 is 1.34. The molecule has 1 aromatic carbocycles. The molecule has 26 heavy (non-hydrogen) atoms. The summed E-state index contributed by atoms with van der Waals surface area (Å²) in [6.45, 7) is 1.72. The lowest BCUT2D eigenvalue weighted by Gasteiger charge is -2.13. The summed E-state index contributed by atoms with van der Waals surface area (Å²) in [6.07, 6.45) is 1.60. The van der Waals surface area contributed by atoms with Crippen LogP contribution >= 0.6 is 11.3 Å². The van der Waals surface area contributed by atoms with Gasteiger partial charge in [-0.05, 0) is 24.1 Å². The predicted molar refractivity (Wildman–Crippen MR) is 99.4 cm³/mol. The van der Waals surface area contributed by atoms with E-state index in [0.717, 1.165) is 5.56 Å². The highest BCUT2D eigenvalue weighted by Crippen LogP contribution is 2.36. The van der Waals surface area contributed by atoms with Crippen LogP contribution in [-0.2, 0) is 4.79 Å². The Labute approximate surface area is 153 Å². The van der Waals surface area contributed by atoms with E-state index in [1.54, 1.807) is 33.3 Å². The zero-order valence-corrected chi connectivity index (χ0v) is 15.4. The number of benzene rings is 1. The minimum Gasteiger partial charge on any atom is -0.493 e. The van der Waals surface area contributed by atoms with E-state index in [0.29, 0.717) is 27.3 Å². The first-order valence-electron chi connectivity index (χ1n) is 7.95. The fourth-order valence-electron chi connectivity index (χ4n) is 2.87. The molecule has 8 heteroatoms. The third kappa shape index (κ3) is 2.92. The van der Waals surface area contributed by atoms with Crippen molar-refractivity contribution in [1.82, 2.24) is 9.55 Å². The first kappa shape index (κ1) is 17.9. The summed E-state index contributed by atoms with van der Waals surface area (Å²) < 4.78 is 11.8. The number of thiophene rings is 1. The molecule has 136 valence electrons. The van der Waals surface area contributed by atoms with Gasteiger partial charge in [0.15, 0.2) is 11.5 Å². The molecule has 3 rings (SSSR count). The lowest BCUT2D eigenvalue weighted by Crippen LogP contribution is -2.29. The summed E-state index contributed by atoms with van der Waals surface area (Å²) in [5.41, 5.74) is 1.10. The number of hydrogen-bond acceptors (Lipinski definition) is 6. The Morgan fingerprint density at radius 3 is 2.65 bits per heavy atom. The minimum absolute atomic E-state index is 0.290. The second-order valence-corrected chi connectivity index (χ2v) is 6.48. The highest BCUT2D eigenvalue weighted by atomic mass is 32.1. The van der Waals surface area contributed by atoms with Gasteiger partial charge in [-0.25, -0.2) is 9.78 Å². The molecule has 0 aliphatic rings. The normalized spacial score (nSPS) is 12.1. The fraction of sp³-hybridized carbons (Fsp3) is 0.278. The molecular weight excluding hydrogens is 356 g/mol. The van der Waals surface area contributed by atoms with Crippen LogP contribution in [0.3, 0.4) is 0 Å². The number of rotatable bonds is 6. The van der Waals surface area contributed by atoms with Crippen LogP contribution in [0.15, 0.2) is 34.7 Å². The Bertz CT molecular complexity index is 1020. The number of methoxy groups -OCH3 is 2. The van der Waals surface area contributed by atoms with Crippen LogP contribution in [0.25, 0.3) is 21.3 Å². The van der Waals surface area contributed by atoms with Gasteiger partial charge in [0.2, 0.25) is 0 Å². The Kier molecular flexibility index (Phi) is 4.94. The molecule has 1 atom stereocenters. The average molecular weight is 374 g/mol. The van der Waals surface area contributed by atoms with Crippen LogP contribution in [0.2, 0.25) is 0 Å². The number of ether oxygens (including phenoxy) is 2. The van der Waals surface area contributed by atoms with Gasteiger partial charge in [0.05, 0.1) is 25.9 Å². The number of hydrogen-bond donors (Lipinski definition) is 1. The van der Waals surface area contributed by atoms with Crippen molar-refractivity contribution in [1.29, 1.82) is 0 Å². The smallest absolute Gasteiger partial charge is 0.326 e. The van der Waals surface area contributed by atoms with Gasteiger partial charge in [-0.1, -0.05) is 13.0 Å². The molecular formula is C18H18N2O5S. The molecule has 1 unspecified atom stereocenters. The van der Waals surface area contributed by atoms with E-state index in [4.69, 9.17) is 9.47 Å². The molecule has 0 saturated heterocycles. The monoisotopic (exact) mass is 374 g/mol. The maximum absolute atomic E-state index is 13.0. The van der Waals surface area contributed by atoms with E-state index in [-0.39, 0.29) is 12.0 Å². The van der Waals surface area contributed by atoms with Crippen molar-refractivity contribution >= 4 is 27.5 Å². The van der Waals surface area contributed by atoms with Gasteiger partial charge in [-0.3, -0.25) is 9.36 Å². The van der Waals surface area contributed by atoms with Gasteiger partial charge in [0.25, 0.3) is 5.56 Å². The maximum atomic E-state index is 13.0. The third-order valence-corrected chi connectivity index (χ3v) is 5.11. The highest BCUT2D eigenvalue weighted by molar-refractivity contribution is 7.17. The van der Waals surface area contributed by atoms with Crippen molar-refractivity contribution in [3.05, 3.63) is 40.3 Å². The van der Waals surface area contributed by atoms with Gasteiger partial charge in [0.1, 0.15) is 10.9 Å². The number of fused-ring (bicyclic) bond motifs is 1. The summed E-state index contributed by atoms with van der Waals surface area (Å²) in [7, 11) is 3.09. The highest BCUT2D eigenvalue weighted by Gasteiger charge is 2.22. The molecule has 1 N–H and O–H groups in total. The van der Waals surface area contributed by atoms with Gasteiger partial charge < -0.3 is 14.6 Å². The molecule has 3 aromatic rings. The third-order valence-electron chi connectivity index (χ3n) is 4.22. The summed E-state index contributed by atoms with van der Waals surface area (Å²) in [4.78, 5) is 29.3. The quantitative estimate of drug-likeness (QED) is 0.713. The van der Waals surface area contributed by atoms with Crippen LogP contribution in [0, 0.1) is 0 Å². The van der Waals surface area contributed by atoms with Crippen molar-refractivity contribution in [2.24, 2.45) is 0 Å². The molecule has 0 aliphatic carbocycles. The lowest BCUT2D eigenvalue weighted by atomic mass is 10.1. The molecule has 0 fully saturated rings. The fourth-order valence-corrected chi connectivity index (χ4v) is 3.78. The first-order chi connectivity index (χ1) is 12.5. The van der Waals surface area contributed by atoms with E-state index in [1.165, 1.54) is 22.2 Å². The number of carboxylic acid groups (broad SMARTS) is 1. The van der Waals surface area contributed by atoms with E-state index >= 15 is 0 Å². The zero-order chi connectivity index (χ0) is 18.8. The van der Waals surface area contributed by atoms with Gasteiger partial charge >= 0.3 is 5.97 Å². The number of nitrogens with zero attached hydrogens (tertiary/aromatic N) is 2. The zero-order valence-electron chi connectivity index (χ0n) is 14.6. The SMILES string of the molecule is CCC(C(=O)O)n1cnc2scc(-c3ccc(OC)c(OC)c3)c2c1=O. The number of aromatic nitrogens is 2. The summed E-state index contributed by atoms with van der Waals surface area (Å²) in [5.74, 6) is 0.0763. The van der Waals surface area contributed by atoms with E-state index in [9.17, 15) is 14.7 Å². The summed E-state index contributed by atoms with van der Waals surface area (Å²) in [5, 5.41) is 11.6. The van der Waals surface area contributed by atoms with Gasteiger partial charge in [0, 0.05) is 10.9 Å². The van der Waals surface area contributed by atoms with Crippen molar-refractivity contribution in [3.63, 3.8) is 0 Å². The molecule has 0 spiro atoms. The lowest BCUT2D eigenvalue weighted by molar-refractivity contribution is -0.141. The maximum Gasteiger partial charge on any atom is 0.326 e. The van der Waals surface area contributed by atoms with Crippen molar-refractivity contribution in [3.8, 4) is 22.6 Å². The van der Waals surface area contributed by atoms with Crippen molar-refractivity contribution in [2.75, 3.05) is 14.2 Å². The number of carbonyl (C=O) groups is 1. The molecule has 0 bridgehead atoms. The Morgan fingerprint density at radius 2 is 2.04 bits per heavy atom. The second-order valence-electron chi connectivity index (χ2n) is 5.62. The molecule has 0 saturated carbocycles. The van der Waals surface area contributed by atoms with Crippen LogP contribution < -0.4 is 15.0 Å². The predicted octanol–water partition coefficient (Wildman–Crippen LogP) is 3.18. The molecule has 0 radical (unpaired) electrons. The van der Waals surface area contributed by atoms with E-state index < -0.39 is 12.0 Å². The summed E-state index contributed by atoms with van der Waals surface area (Å²) in [6, 6.07) is 4.43. The molecule has 2 aromatic heterocycles. The van der Waals surface area contributed by atoms with E-state index in [2.05, 4.69) is 4.98 Å². The standard InChI is InChI=1S/C18H18N2O5S/c1-4-12(18(22)23)20-9-19-16-15(17(20)21)11(8-26-16)10-5-6-13(24-2)14(7-10)25-3/h5-9,12H,4H2,1-3H3,(H,22,23). The van der Waals surface area contributed by atoms with Crippen molar-refractivity contribution in [2.45, 2.75) is 19.4 Å². The van der Waals surface area contributed by atoms with Crippen LogP contribution in [-0.4, -0.2) is 34.8 Å². The first-order valence-corrected chi connectivity index (χ1v) is 8.83. The molecule has 0 amide bonds. The minimum atomic E-state index is -1.06. The van der Waals surface area contributed by atoms with Crippen LogP contribution in [0.4, 0.5) is 0 Å². The van der Waals surface area contributed by atoms with Gasteiger partial charge in [-0.15, -0.1) is 11.3 Å². The Balaban J connectivity index is 2.22. The molecule has 2 heterocycles. The van der Waals surface area contributed by atoms with Crippen LogP contribution in [0.1, 0.15) is 19.4 Å². The number of carboxylic acids is 1. The number of aliphatic carboxylic acids is 1. The molecule has 0 aliphatic heterocycles. The largest absolute Gasteiger partial charge is 0.493 e.